The molecule has 1 saturated heterocycles. The van der Waals surface area contributed by atoms with Crippen molar-refractivity contribution in [3.05, 3.63) is 66.1 Å². The Morgan fingerprint density at radius 1 is 1.00 bits per heavy atom. The number of hydrogen-bond donors (Lipinski definition) is 0. The van der Waals surface area contributed by atoms with Crippen LogP contribution in [0.1, 0.15) is 35.5 Å². The van der Waals surface area contributed by atoms with Crippen molar-refractivity contribution >= 4 is 16.0 Å². The Hall–Kier alpha value is -3.04. The number of sulfonamides is 1. The highest BCUT2D eigenvalue weighted by Crippen LogP contribution is 2.22. The zero-order valence-corrected chi connectivity index (χ0v) is 17.0. The molecule has 1 aliphatic rings. The van der Waals surface area contributed by atoms with Gasteiger partial charge in [0.2, 0.25) is 15.9 Å². The highest BCUT2D eigenvalue weighted by atomic mass is 32.2. The van der Waals surface area contributed by atoms with Crippen LogP contribution < -0.4 is 0 Å². The largest absolute Gasteiger partial charge is 0.452 e. The van der Waals surface area contributed by atoms with E-state index in [9.17, 15) is 13.2 Å². The molecule has 1 aromatic heterocycles. The van der Waals surface area contributed by atoms with Crippen molar-refractivity contribution in [2.45, 2.75) is 30.8 Å². The Bertz CT molecular complexity index is 1120. The van der Waals surface area contributed by atoms with Gasteiger partial charge in [-0.1, -0.05) is 30.7 Å². The van der Waals surface area contributed by atoms with Gasteiger partial charge in [0.1, 0.15) is 0 Å². The van der Waals surface area contributed by atoms with E-state index in [4.69, 9.17) is 9.15 Å². The topological polar surface area (TPSA) is 103 Å². The smallest absolute Gasteiger partial charge is 0.338 e. The summed E-state index contributed by atoms with van der Waals surface area (Å²) in [4.78, 5) is 12.5. The number of ether oxygens (including phenoxy) is 1. The normalized spacial score (nSPS) is 15.1. The second-order valence-corrected chi connectivity index (χ2v) is 8.87. The van der Waals surface area contributed by atoms with Crippen LogP contribution >= 0.6 is 0 Å². The fourth-order valence-corrected chi connectivity index (χ4v) is 4.82. The highest BCUT2D eigenvalue weighted by molar-refractivity contribution is 7.89. The molecule has 0 spiro atoms. The van der Waals surface area contributed by atoms with Crippen molar-refractivity contribution in [3.63, 3.8) is 0 Å². The van der Waals surface area contributed by atoms with E-state index in [-0.39, 0.29) is 23.0 Å². The van der Waals surface area contributed by atoms with Gasteiger partial charge in [0.05, 0.1) is 10.5 Å². The average Bonchev–Trinajstić information content (AvgIpc) is 3.28. The number of aromatic nitrogens is 2. The molecule has 1 aliphatic heterocycles. The summed E-state index contributed by atoms with van der Waals surface area (Å²) in [6, 6.07) is 15.1. The first kappa shape index (κ1) is 20.2. The summed E-state index contributed by atoms with van der Waals surface area (Å²) in [7, 11) is -3.63. The number of esters is 1. The number of nitrogens with zero attached hydrogens (tertiary/aromatic N) is 3. The Labute approximate surface area is 174 Å². The fourth-order valence-electron chi connectivity index (χ4n) is 3.26. The number of carbonyl (C=O) groups is 1. The predicted molar refractivity (Wildman–Crippen MR) is 108 cm³/mol. The van der Waals surface area contributed by atoms with Gasteiger partial charge in [-0.3, -0.25) is 0 Å². The van der Waals surface area contributed by atoms with Gasteiger partial charge >= 0.3 is 5.97 Å². The third kappa shape index (κ3) is 4.42. The molecule has 0 unspecified atom stereocenters. The summed E-state index contributed by atoms with van der Waals surface area (Å²) >= 11 is 0. The lowest BCUT2D eigenvalue weighted by atomic mass is 10.2. The molecular formula is C21H21N3O5S. The number of hydrogen-bond acceptors (Lipinski definition) is 7. The van der Waals surface area contributed by atoms with Gasteiger partial charge in [-0.05, 0) is 43.2 Å². The molecule has 8 nitrogen and oxygen atoms in total. The van der Waals surface area contributed by atoms with Crippen molar-refractivity contribution in [2.75, 3.05) is 13.1 Å². The van der Waals surface area contributed by atoms with Crippen LogP contribution in [0.25, 0.3) is 11.5 Å². The minimum Gasteiger partial charge on any atom is -0.452 e. The van der Waals surface area contributed by atoms with E-state index in [2.05, 4.69) is 10.2 Å². The third-order valence-corrected chi connectivity index (χ3v) is 6.73. The van der Waals surface area contributed by atoms with Crippen molar-refractivity contribution in [3.8, 4) is 11.5 Å². The molecule has 0 radical (unpaired) electrons. The number of piperidine rings is 1. The minimum absolute atomic E-state index is 0.0861. The quantitative estimate of drug-likeness (QED) is 0.556. The molecule has 2 aromatic carbocycles. The Morgan fingerprint density at radius 2 is 1.77 bits per heavy atom. The lowest BCUT2D eigenvalue weighted by Crippen LogP contribution is -2.35. The summed E-state index contributed by atoms with van der Waals surface area (Å²) in [5.41, 5.74) is 0.911. The van der Waals surface area contributed by atoms with Crippen LogP contribution in [0.2, 0.25) is 0 Å². The Morgan fingerprint density at radius 3 is 2.53 bits per heavy atom. The Kier molecular flexibility index (Phi) is 5.91. The summed E-state index contributed by atoms with van der Waals surface area (Å²) < 4.78 is 37.8. The zero-order chi connectivity index (χ0) is 21.0. The molecule has 0 aliphatic carbocycles. The summed E-state index contributed by atoms with van der Waals surface area (Å²) in [5.74, 6) is -0.180. The maximum Gasteiger partial charge on any atom is 0.338 e. The van der Waals surface area contributed by atoms with E-state index >= 15 is 0 Å². The number of rotatable bonds is 6. The molecule has 2 heterocycles. The lowest BCUT2D eigenvalue weighted by molar-refractivity contribution is 0.0438. The zero-order valence-electron chi connectivity index (χ0n) is 16.2. The van der Waals surface area contributed by atoms with E-state index in [1.165, 1.54) is 28.6 Å². The minimum atomic E-state index is -3.63. The van der Waals surface area contributed by atoms with Gasteiger partial charge < -0.3 is 9.15 Å². The van der Waals surface area contributed by atoms with E-state index in [0.29, 0.717) is 19.0 Å². The fraction of sp³-hybridized carbons (Fsp3) is 0.286. The van der Waals surface area contributed by atoms with E-state index < -0.39 is 16.0 Å². The van der Waals surface area contributed by atoms with Crippen LogP contribution in [0, 0.1) is 0 Å². The molecule has 30 heavy (non-hydrogen) atoms. The first-order valence-electron chi connectivity index (χ1n) is 9.69. The van der Waals surface area contributed by atoms with E-state index in [0.717, 1.165) is 24.8 Å². The Balaban J connectivity index is 1.43. The maximum atomic E-state index is 12.8. The SMILES string of the molecule is O=C(OCc1nnc(-c2ccccc2)o1)c1cccc(S(=O)(=O)N2CCCCC2)c1. The molecule has 0 bridgehead atoms. The molecule has 4 rings (SSSR count). The van der Waals surface area contributed by atoms with Crippen LogP contribution in [0.3, 0.4) is 0 Å². The van der Waals surface area contributed by atoms with Crippen LogP contribution in [0.15, 0.2) is 63.9 Å². The first-order valence-corrected chi connectivity index (χ1v) is 11.1. The molecule has 0 amide bonds. The van der Waals surface area contributed by atoms with Crippen LogP contribution in [-0.4, -0.2) is 42.0 Å². The summed E-state index contributed by atoms with van der Waals surface area (Å²) in [6.07, 6.45) is 2.71. The van der Waals surface area contributed by atoms with Crippen LogP contribution in [0.4, 0.5) is 0 Å². The van der Waals surface area contributed by atoms with Gasteiger partial charge in [0.25, 0.3) is 5.89 Å². The second kappa shape index (κ2) is 8.76. The maximum absolute atomic E-state index is 12.8. The number of carbonyl (C=O) groups excluding carboxylic acids is 1. The van der Waals surface area contributed by atoms with Crippen molar-refractivity contribution in [2.24, 2.45) is 0 Å². The number of benzene rings is 2. The predicted octanol–water partition coefficient (Wildman–Crippen LogP) is 3.27. The van der Waals surface area contributed by atoms with Gasteiger partial charge in [0, 0.05) is 18.7 Å². The molecule has 3 aromatic rings. The molecule has 0 atom stereocenters. The molecule has 9 heteroatoms. The van der Waals surface area contributed by atoms with Crippen molar-refractivity contribution < 1.29 is 22.4 Å². The molecule has 0 N–H and O–H groups in total. The van der Waals surface area contributed by atoms with Crippen LogP contribution in [-0.2, 0) is 21.4 Å². The van der Waals surface area contributed by atoms with Crippen molar-refractivity contribution in [1.82, 2.24) is 14.5 Å². The molecular weight excluding hydrogens is 406 g/mol. The highest BCUT2D eigenvalue weighted by Gasteiger charge is 2.26. The van der Waals surface area contributed by atoms with Crippen molar-refractivity contribution in [1.29, 1.82) is 0 Å². The second-order valence-electron chi connectivity index (χ2n) is 6.94. The standard InChI is InChI=1S/C21H21N3O5S/c25-21(28-15-19-22-23-20(29-19)16-8-3-1-4-9-16)17-10-7-11-18(14-17)30(26,27)24-12-5-2-6-13-24/h1,3-4,7-11,14H,2,5-6,12-13,15H2. The van der Waals surface area contributed by atoms with E-state index in [1.54, 1.807) is 0 Å². The third-order valence-electron chi connectivity index (χ3n) is 4.84. The van der Waals surface area contributed by atoms with Gasteiger partial charge in [0.15, 0.2) is 6.61 Å². The van der Waals surface area contributed by atoms with Crippen LogP contribution in [0.5, 0.6) is 0 Å². The molecule has 1 fully saturated rings. The lowest BCUT2D eigenvalue weighted by Gasteiger charge is -2.25. The molecule has 0 saturated carbocycles. The summed E-state index contributed by atoms with van der Waals surface area (Å²) in [5, 5.41) is 7.82. The van der Waals surface area contributed by atoms with E-state index in [1.807, 2.05) is 30.3 Å². The average molecular weight is 427 g/mol. The van der Waals surface area contributed by atoms with Gasteiger partial charge in [-0.25, -0.2) is 13.2 Å². The molecule has 156 valence electrons. The monoisotopic (exact) mass is 427 g/mol. The van der Waals surface area contributed by atoms with Gasteiger partial charge in [-0.15, -0.1) is 10.2 Å². The first-order chi connectivity index (χ1) is 14.5. The van der Waals surface area contributed by atoms with Gasteiger partial charge in [-0.2, -0.15) is 4.31 Å². The summed E-state index contributed by atoms with van der Waals surface area (Å²) in [6.45, 7) is 0.789.